The number of nitriles is 1. The van der Waals surface area contributed by atoms with E-state index in [1.807, 2.05) is 0 Å². The number of rotatable bonds is 2. The van der Waals surface area contributed by atoms with Crippen LogP contribution in [0.4, 0.5) is 5.69 Å². The molecule has 0 bridgehead atoms. The number of hydrogen-bond donors (Lipinski definition) is 0. The summed E-state index contributed by atoms with van der Waals surface area (Å²) in [4.78, 5) is 13.6. The highest BCUT2D eigenvalue weighted by Crippen LogP contribution is 2.19. The molecule has 0 aliphatic carbocycles. The summed E-state index contributed by atoms with van der Waals surface area (Å²) in [5.41, 5.74) is 1.40. The van der Waals surface area contributed by atoms with Crippen LogP contribution in [0.5, 0.6) is 0 Å². The molecule has 1 aromatic heterocycles. The summed E-state index contributed by atoms with van der Waals surface area (Å²) in [6.07, 6.45) is 1.71. The summed E-state index contributed by atoms with van der Waals surface area (Å²) >= 11 is 0. The van der Waals surface area contributed by atoms with Crippen molar-refractivity contribution in [3.8, 4) is 6.07 Å². The standard InChI is InChI=1S/C13H12N4O/c1-16-8-7-11(15-16)13(18)17(2)12-6-4-3-5-10(12)9-14/h3-8H,1-2H3. The Bertz CT molecular complexity index is 624. The van der Waals surface area contributed by atoms with Gasteiger partial charge in [-0.3, -0.25) is 9.48 Å². The second kappa shape index (κ2) is 4.72. The third kappa shape index (κ3) is 2.09. The van der Waals surface area contributed by atoms with Crippen LogP contribution in [0.15, 0.2) is 36.5 Å². The monoisotopic (exact) mass is 240 g/mol. The van der Waals surface area contributed by atoms with E-state index in [2.05, 4.69) is 11.2 Å². The normalized spacial score (nSPS) is 9.83. The van der Waals surface area contributed by atoms with Gasteiger partial charge >= 0.3 is 0 Å². The van der Waals surface area contributed by atoms with Crippen LogP contribution in [0, 0.1) is 11.3 Å². The molecule has 1 heterocycles. The van der Waals surface area contributed by atoms with E-state index in [0.717, 1.165) is 0 Å². The van der Waals surface area contributed by atoms with Crippen LogP contribution in [0.2, 0.25) is 0 Å². The number of carbonyl (C=O) groups excluding carboxylic acids is 1. The fraction of sp³-hybridized carbons (Fsp3) is 0.154. The van der Waals surface area contributed by atoms with Crippen LogP contribution < -0.4 is 4.90 Å². The Labute approximate surface area is 105 Å². The predicted octanol–water partition coefficient (Wildman–Crippen LogP) is 1.57. The number of carbonyl (C=O) groups is 1. The maximum absolute atomic E-state index is 12.2. The second-order valence-electron chi connectivity index (χ2n) is 3.87. The average molecular weight is 240 g/mol. The van der Waals surface area contributed by atoms with E-state index in [4.69, 9.17) is 5.26 Å². The van der Waals surface area contributed by atoms with Crippen LogP contribution in [-0.2, 0) is 7.05 Å². The first-order chi connectivity index (χ1) is 8.63. The summed E-state index contributed by atoms with van der Waals surface area (Å²) in [5, 5.41) is 13.1. The zero-order valence-corrected chi connectivity index (χ0v) is 10.2. The molecule has 0 atom stereocenters. The molecule has 1 aromatic carbocycles. The lowest BCUT2D eigenvalue weighted by Gasteiger charge is -2.17. The largest absolute Gasteiger partial charge is 0.309 e. The summed E-state index contributed by atoms with van der Waals surface area (Å²) in [6.45, 7) is 0. The van der Waals surface area contributed by atoms with Crippen LogP contribution >= 0.6 is 0 Å². The van der Waals surface area contributed by atoms with Gasteiger partial charge in [-0.05, 0) is 18.2 Å². The van der Waals surface area contributed by atoms with Crippen LogP contribution in [0.3, 0.4) is 0 Å². The van der Waals surface area contributed by atoms with Crippen molar-refractivity contribution in [1.82, 2.24) is 9.78 Å². The first-order valence-corrected chi connectivity index (χ1v) is 5.40. The van der Waals surface area contributed by atoms with Crippen molar-refractivity contribution in [2.24, 2.45) is 7.05 Å². The Balaban J connectivity index is 2.34. The van der Waals surface area contributed by atoms with Crippen LogP contribution in [0.25, 0.3) is 0 Å². The van der Waals surface area contributed by atoms with Gasteiger partial charge in [0.1, 0.15) is 6.07 Å². The lowest BCUT2D eigenvalue weighted by molar-refractivity contribution is 0.0987. The molecule has 0 fully saturated rings. The topological polar surface area (TPSA) is 61.9 Å². The van der Waals surface area contributed by atoms with Gasteiger partial charge in [0.25, 0.3) is 5.91 Å². The fourth-order valence-electron chi connectivity index (χ4n) is 1.67. The molecule has 0 saturated heterocycles. The number of nitrogens with zero attached hydrogens (tertiary/aromatic N) is 4. The number of benzene rings is 1. The molecule has 0 N–H and O–H groups in total. The van der Waals surface area contributed by atoms with Crippen molar-refractivity contribution in [3.63, 3.8) is 0 Å². The lowest BCUT2D eigenvalue weighted by Crippen LogP contribution is -2.27. The number of aromatic nitrogens is 2. The Kier molecular flexibility index (Phi) is 3.11. The zero-order valence-electron chi connectivity index (χ0n) is 10.2. The smallest absolute Gasteiger partial charge is 0.278 e. The van der Waals surface area contributed by atoms with Crippen molar-refractivity contribution in [1.29, 1.82) is 5.26 Å². The van der Waals surface area contributed by atoms with Crippen molar-refractivity contribution in [3.05, 3.63) is 47.8 Å². The Morgan fingerprint density at radius 2 is 2.11 bits per heavy atom. The number of hydrogen-bond acceptors (Lipinski definition) is 3. The molecule has 0 saturated carbocycles. The van der Waals surface area contributed by atoms with Gasteiger partial charge < -0.3 is 4.90 Å². The van der Waals surface area contributed by atoms with Gasteiger partial charge in [0.05, 0.1) is 11.3 Å². The molecular weight excluding hydrogens is 228 g/mol. The van der Waals surface area contributed by atoms with Gasteiger partial charge in [-0.15, -0.1) is 0 Å². The molecule has 18 heavy (non-hydrogen) atoms. The number of para-hydroxylation sites is 1. The third-order valence-electron chi connectivity index (χ3n) is 2.62. The van der Waals surface area contributed by atoms with E-state index in [9.17, 15) is 4.79 Å². The molecule has 2 rings (SSSR count). The maximum Gasteiger partial charge on any atom is 0.278 e. The molecule has 0 spiro atoms. The van der Waals surface area contributed by atoms with Crippen LogP contribution in [0.1, 0.15) is 16.1 Å². The van der Waals surface area contributed by atoms with Gasteiger partial charge in [-0.2, -0.15) is 10.4 Å². The molecule has 0 radical (unpaired) electrons. The Morgan fingerprint density at radius 1 is 1.39 bits per heavy atom. The summed E-state index contributed by atoms with van der Waals surface area (Å²) in [6, 6.07) is 10.7. The second-order valence-corrected chi connectivity index (χ2v) is 3.87. The first-order valence-electron chi connectivity index (χ1n) is 5.40. The third-order valence-corrected chi connectivity index (χ3v) is 2.62. The van der Waals surface area contributed by atoms with Gasteiger partial charge in [0, 0.05) is 20.3 Å². The summed E-state index contributed by atoms with van der Waals surface area (Å²) in [5.74, 6) is -0.238. The molecule has 0 unspecified atom stereocenters. The van der Waals surface area contributed by atoms with Gasteiger partial charge in [-0.25, -0.2) is 0 Å². The minimum absolute atomic E-state index is 0.238. The number of anilines is 1. The molecule has 0 aliphatic heterocycles. The molecular formula is C13H12N4O. The number of aryl methyl sites for hydroxylation is 1. The van der Waals surface area contributed by atoms with Crippen molar-refractivity contribution in [2.45, 2.75) is 0 Å². The first kappa shape index (κ1) is 11.9. The van der Waals surface area contributed by atoms with Crippen molar-refractivity contribution in [2.75, 3.05) is 11.9 Å². The van der Waals surface area contributed by atoms with E-state index >= 15 is 0 Å². The maximum atomic E-state index is 12.2. The molecule has 1 amide bonds. The highest BCUT2D eigenvalue weighted by atomic mass is 16.2. The summed E-state index contributed by atoms with van der Waals surface area (Å²) in [7, 11) is 3.38. The van der Waals surface area contributed by atoms with Gasteiger partial charge in [0.15, 0.2) is 5.69 Å². The number of amides is 1. The van der Waals surface area contributed by atoms with E-state index in [1.54, 1.807) is 55.3 Å². The van der Waals surface area contributed by atoms with E-state index in [0.29, 0.717) is 16.9 Å². The molecule has 0 aliphatic rings. The SMILES string of the molecule is CN(C(=O)c1ccn(C)n1)c1ccccc1C#N. The molecule has 5 nitrogen and oxygen atoms in total. The highest BCUT2D eigenvalue weighted by Gasteiger charge is 2.17. The van der Waals surface area contributed by atoms with Crippen molar-refractivity contribution < 1.29 is 4.79 Å². The van der Waals surface area contributed by atoms with E-state index in [-0.39, 0.29) is 5.91 Å². The highest BCUT2D eigenvalue weighted by molar-refractivity contribution is 6.05. The average Bonchev–Trinajstić information content (AvgIpc) is 2.83. The fourth-order valence-corrected chi connectivity index (χ4v) is 1.67. The van der Waals surface area contributed by atoms with E-state index < -0.39 is 0 Å². The molecule has 5 heteroatoms. The predicted molar refractivity (Wildman–Crippen MR) is 67.1 cm³/mol. The quantitative estimate of drug-likeness (QED) is 0.800. The lowest BCUT2D eigenvalue weighted by atomic mass is 10.1. The molecule has 2 aromatic rings. The van der Waals surface area contributed by atoms with Gasteiger partial charge in [0.2, 0.25) is 0 Å². The van der Waals surface area contributed by atoms with Crippen molar-refractivity contribution >= 4 is 11.6 Å². The van der Waals surface area contributed by atoms with Gasteiger partial charge in [-0.1, -0.05) is 12.1 Å². The van der Waals surface area contributed by atoms with E-state index in [1.165, 1.54) is 4.90 Å². The molecule has 90 valence electrons. The minimum Gasteiger partial charge on any atom is -0.309 e. The Morgan fingerprint density at radius 3 is 2.72 bits per heavy atom. The zero-order chi connectivity index (χ0) is 13.1. The summed E-state index contributed by atoms with van der Waals surface area (Å²) < 4.78 is 1.57. The van der Waals surface area contributed by atoms with Crippen LogP contribution in [-0.4, -0.2) is 22.7 Å². The minimum atomic E-state index is -0.238. The Hall–Kier alpha value is -2.61.